The van der Waals surface area contributed by atoms with Crippen LogP contribution in [0.1, 0.15) is 11.1 Å². The molecule has 0 saturated carbocycles. The third-order valence-electron chi connectivity index (χ3n) is 2.53. The Morgan fingerprint density at radius 1 is 0.765 bits per heavy atom. The van der Waals surface area contributed by atoms with Gasteiger partial charge in [-0.1, -0.05) is 24.3 Å². The Morgan fingerprint density at radius 3 is 1.53 bits per heavy atom. The molecule has 0 radical (unpaired) electrons. The van der Waals surface area contributed by atoms with Gasteiger partial charge in [0.15, 0.2) is 0 Å². The molecule has 0 aromatic heterocycles. The second kappa shape index (κ2) is 5.23. The first-order valence-electron chi connectivity index (χ1n) is 5.27. The number of ether oxygens (including phenoxy) is 1. The van der Waals surface area contributed by atoms with E-state index in [1.807, 2.05) is 50.2 Å². The van der Waals surface area contributed by atoms with Crippen molar-refractivity contribution in [2.24, 2.45) is 0 Å². The lowest BCUT2D eigenvalue weighted by Gasteiger charge is -2.13. The van der Waals surface area contributed by atoms with Crippen LogP contribution in [0, 0.1) is 13.8 Å². The predicted octanol–water partition coefficient (Wildman–Crippen LogP) is 5.62. The van der Waals surface area contributed by atoms with Gasteiger partial charge in [0.2, 0.25) is 0 Å². The Balaban J connectivity index is 2.45. The number of hydrogen-bond acceptors (Lipinski definition) is 1. The highest BCUT2D eigenvalue weighted by molar-refractivity contribution is 9.11. The van der Waals surface area contributed by atoms with Gasteiger partial charge in [-0.3, -0.25) is 0 Å². The molecule has 0 amide bonds. The zero-order valence-corrected chi connectivity index (χ0v) is 12.8. The summed E-state index contributed by atoms with van der Waals surface area (Å²) >= 11 is 7.03. The molecule has 0 aliphatic carbocycles. The van der Waals surface area contributed by atoms with E-state index in [4.69, 9.17) is 4.74 Å². The SMILES string of the molecule is Cc1cccc(Br)c1Oc1c(C)cccc1Br. The van der Waals surface area contributed by atoms with E-state index in [-0.39, 0.29) is 0 Å². The molecule has 0 spiro atoms. The van der Waals surface area contributed by atoms with Crippen molar-refractivity contribution in [3.8, 4) is 11.5 Å². The van der Waals surface area contributed by atoms with Gasteiger partial charge in [0.05, 0.1) is 8.95 Å². The Morgan fingerprint density at radius 2 is 1.18 bits per heavy atom. The average Bonchev–Trinajstić information content (AvgIpc) is 2.27. The molecule has 0 atom stereocenters. The van der Waals surface area contributed by atoms with Crippen LogP contribution in [0.25, 0.3) is 0 Å². The molecule has 0 fully saturated rings. The fourth-order valence-electron chi connectivity index (χ4n) is 1.59. The van der Waals surface area contributed by atoms with Gasteiger partial charge in [-0.05, 0) is 69.0 Å². The van der Waals surface area contributed by atoms with Crippen molar-refractivity contribution in [2.75, 3.05) is 0 Å². The number of benzene rings is 2. The Kier molecular flexibility index (Phi) is 3.89. The maximum absolute atomic E-state index is 6.01. The number of aryl methyl sites for hydroxylation is 2. The van der Waals surface area contributed by atoms with Crippen LogP contribution in [0.5, 0.6) is 11.5 Å². The summed E-state index contributed by atoms with van der Waals surface area (Å²) in [5.74, 6) is 1.73. The lowest BCUT2D eigenvalue weighted by molar-refractivity contribution is 0.469. The van der Waals surface area contributed by atoms with E-state index in [1.165, 1.54) is 0 Å². The second-order valence-electron chi connectivity index (χ2n) is 3.87. The summed E-state index contributed by atoms with van der Waals surface area (Å²) < 4.78 is 7.94. The van der Waals surface area contributed by atoms with E-state index in [1.54, 1.807) is 0 Å². The van der Waals surface area contributed by atoms with Gasteiger partial charge in [-0.25, -0.2) is 0 Å². The van der Waals surface area contributed by atoms with Crippen molar-refractivity contribution < 1.29 is 4.74 Å². The summed E-state index contributed by atoms with van der Waals surface area (Å²) in [6.45, 7) is 4.07. The highest BCUT2D eigenvalue weighted by atomic mass is 79.9. The van der Waals surface area contributed by atoms with E-state index in [9.17, 15) is 0 Å². The first-order valence-corrected chi connectivity index (χ1v) is 6.86. The molecule has 0 saturated heterocycles. The van der Waals surface area contributed by atoms with Gasteiger partial charge in [0.1, 0.15) is 11.5 Å². The van der Waals surface area contributed by atoms with Crippen LogP contribution >= 0.6 is 31.9 Å². The molecule has 2 aromatic rings. The van der Waals surface area contributed by atoms with E-state index >= 15 is 0 Å². The van der Waals surface area contributed by atoms with Crippen LogP contribution in [0.2, 0.25) is 0 Å². The molecule has 0 N–H and O–H groups in total. The largest absolute Gasteiger partial charge is 0.454 e. The molecule has 3 heteroatoms. The van der Waals surface area contributed by atoms with E-state index in [0.717, 1.165) is 31.6 Å². The highest BCUT2D eigenvalue weighted by Gasteiger charge is 2.10. The highest BCUT2D eigenvalue weighted by Crippen LogP contribution is 2.37. The number of hydrogen-bond donors (Lipinski definition) is 0. The van der Waals surface area contributed by atoms with Gasteiger partial charge in [0.25, 0.3) is 0 Å². The molecule has 0 aliphatic heterocycles. The lowest BCUT2D eigenvalue weighted by atomic mass is 10.2. The van der Waals surface area contributed by atoms with Gasteiger partial charge in [-0.2, -0.15) is 0 Å². The average molecular weight is 356 g/mol. The van der Waals surface area contributed by atoms with Gasteiger partial charge >= 0.3 is 0 Å². The molecule has 2 aromatic carbocycles. The molecule has 17 heavy (non-hydrogen) atoms. The molecule has 0 aliphatic rings. The van der Waals surface area contributed by atoms with Crippen molar-refractivity contribution in [1.82, 2.24) is 0 Å². The van der Waals surface area contributed by atoms with E-state index < -0.39 is 0 Å². The second-order valence-corrected chi connectivity index (χ2v) is 5.58. The zero-order chi connectivity index (χ0) is 12.4. The van der Waals surface area contributed by atoms with Crippen LogP contribution in [0.3, 0.4) is 0 Å². The van der Waals surface area contributed by atoms with Crippen LogP contribution in [-0.4, -0.2) is 0 Å². The maximum atomic E-state index is 6.01. The zero-order valence-electron chi connectivity index (χ0n) is 9.63. The minimum absolute atomic E-state index is 0.863. The molecular formula is C14H12Br2O. The van der Waals surface area contributed by atoms with Crippen molar-refractivity contribution in [3.05, 3.63) is 56.5 Å². The quantitative estimate of drug-likeness (QED) is 0.679. The monoisotopic (exact) mass is 354 g/mol. The predicted molar refractivity (Wildman–Crippen MR) is 77.8 cm³/mol. The summed E-state index contributed by atoms with van der Waals surface area (Å²) in [5, 5.41) is 0. The minimum Gasteiger partial charge on any atom is -0.454 e. The summed E-state index contributed by atoms with van der Waals surface area (Å²) in [6.07, 6.45) is 0. The maximum Gasteiger partial charge on any atom is 0.144 e. The number of halogens is 2. The molecule has 2 rings (SSSR count). The number of para-hydroxylation sites is 2. The summed E-state index contributed by atoms with van der Waals surface area (Å²) in [7, 11) is 0. The van der Waals surface area contributed by atoms with E-state index in [0.29, 0.717) is 0 Å². The van der Waals surface area contributed by atoms with Crippen molar-refractivity contribution in [2.45, 2.75) is 13.8 Å². The van der Waals surface area contributed by atoms with Gasteiger partial charge < -0.3 is 4.74 Å². The molecule has 88 valence electrons. The third-order valence-corrected chi connectivity index (χ3v) is 3.78. The first-order chi connectivity index (χ1) is 8.09. The molecular weight excluding hydrogens is 344 g/mol. The van der Waals surface area contributed by atoms with Crippen LogP contribution in [0.4, 0.5) is 0 Å². The number of rotatable bonds is 2. The Hall–Kier alpha value is -0.800. The topological polar surface area (TPSA) is 9.23 Å². The molecule has 0 unspecified atom stereocenters. The van der Waals surface area contributed by atoms with Crippen LogP contribution in [0.15, 0.2) is 45.3 Å². The summed E-state index contributed by atoms with van der Waals surface area (Å²) in [4.78, 5) is 0. The normalized spacial score (nSPS) is 10.4. The van der Waals surface area contributed by atoms with Crippen molar-refractivity contribution in [1.29, 1.82) is 0 Å². The first kappa shape index (κ1) is 12.7. The van der Waals surface area contributed by atoms with Crippen molar-refractivity contribution >= 4 is 31.9 Å². The van der Waals surface area contributed by atoms with Gasteiger partial charge in [0, 0.05) is 0 Å². The molecule has 0 bridgehead atoms. The van der Waals surface area contributed by atoms with Crippen molar-refractivity contribution in [3.63, 3.8) is 0 Å². The summed E-state index contributed by atoms with van der Waals surface area (Å²) in [5.41, 5.74) is 2.21. The smallest absolute Gasteiger partial charge is 0.144 e. The van der Waals surface area contributed by atoms with Crippen LogP contribution in [-0.2, 0) is 0 Å². The lowest BCUT2D eigenvalue weighted by Crippen LogP contribution is -1.92. The van der Waals surface area contributed by atoms with Gasteiger partial charge in [-0.15, -0.1) is 0 Å². The standard InChI is InChI=1S/C14H12Br2O/c1-9-5-3-7-11(15)13(9)17-14-10(2)6-4-8-12(14)16/h3-8H,1-2H3. The fraction of sp³-hybridized carbons (Fsp3) is 0.143. The minimum atomic E-state index is 0.863. The molecule has 1 nitrogen and oxygen atoms in total. The third kappa shape index (κ3) is 2.72. The fourth-order valence-corrected chi connectivity index (χ4v) is 2.69. The summed E-state index contributed by atoms with van der Waals surface area (Å²) in [6, 6.07) is 12.0. The Labute approximate surface area is 118 Å². The Bertz CT molecular complexity index is 460. The van der Waals surface area contributed by atoms with Crippen LogP contribution < -0.4 is 4.74 Å². The molecule has 0 heterocycles. The van der Waals surface area contributed by atoms with E-state index in [2.05, 4.69) is 31.9 Å².